The summed E-state index contributed by atoms with van der Waals surface area (Å²) in [5, 5.41) is 2.46. The standard InChI is InChI=1S/C40H30N2/c1-4-15-34(16-5-1)41(35-17-6-2-7-18-35)37-27-23-31(24-28-37)32-25-29-38(30-26-32)42(36-19-8-3-9-20-36)40-22-12-14-33-13-10-11-21-39(33)40/h1-30H. The molecule has 0 aliphatic rings. The molecule has 0 N–H and O–H groups in total. The van der Waals surface area contributed by atoms with E-state index in [0.29, 0.717) is 0 Å². The van der Waals surface area contributed by atoms with E-state index in [-0.39, 0.29) is 0 Å². The van der Waals surface area contributed by atoms with Gasteiger partial charge in [-0.1, -0.05) is 115 Å². The number of benzene rings is 7. The van der Waals surface area contributed by atoms with Crippen molar-refractivity contribution >= 4 is 44.9 Å². The van der Waals surface area contributed by atoms with E-state index in [9.17, 15) is 0 Å². The normalized spacial score (nSPS) is 10.9. The molecule has 0 amide bonds. The fourth-order valence-electron chi connectivity index (χ4n) is 5.61. The molecule has 42 heavy (non-hydrogen) atoms. The SMILES string of the molecule is c1ccc(N(c2ccccc2)c2ccc(-c3ccc(N(c4ccccc4)c4cccc5ccccc45)cc3)cc2)cc1. The van der Waals surface area contributed by atoms with Crippen LogP contribution in [0.3, 0.4) is 0 Å². The summed E-state index contributed by atoms with van der Waals surface area (Å²) in [6.07, 6.45) is 0. The Labute approximate surface area is 247 Å². The summed E-state index contributed by atoms with van der Waals surface area (Å²) >= 11 is 0. The van der Waals surface area contributed by atoms with Crippen LogP contribution >= 0.6 is 0 Å². The topological polar surface area (TPSA) is 6.48 Å². The Kier molecular flexibility index (Phi) is 6.94. The van der Waals surface area contributed by atoms with Crippen LogP contribution < -0.4 is 9.80 Å². The first-order valence-corrected chi connectivity index (χ1v) is 14.3. The Morgan fingerprint density at radius 1 is 0.262 bits per heavy atom. The third kappa shape index (κ3) is 5.02. The van der Waals surface area contributed by atoms with Gasteiger partial charge >= 0.3 is 0 Å². The average molecular weight is 539 g/mol. The Hall–Kier alpha value is -5.60. The van der Waals surface area contributed by atoms with Crippen LogP contribution in [0.25, 0.3) is 21.9 Å². The van der Waals surface area contributed by atoms with Gasteiger partial charge in [-0.2, -0.15) is 0 Å². The van der Waals surface area contributed by atoms with E-state index in [2.05, 4.69) is 192 Å². The molecular formula is C40H30N2. The molecule has 2 nitrogen and oxygen atoms in total. The molecule has 0 bridgehead atoms. The minimum Gasteiger partial charge on any atom is -0.311 e. The highest BCUT2D eigenvalue weighted by Crippen LogP contribution is 2.40. The van der Waals surface area contributed by atoms with Gasteiger partial charge in [0.15, 0.2) is 0 Å². The summed E-state index contributed by atoms with van der Waals surface area (Å²) < 4.78 is 0. The predicted molar refractivity (Wildman–Crippen MR) is 179 cm³/mol. The summed E-state index contributed by atoms with van der Waals surface area (Å²) in [5.41, 5.74) is 9.18. The van der Waals surface area contributed by atoms with Gasteiger partial charge in [0.25, 0.3) is 0 Å². The van der Waals surface area contributed by atoms with Crippen LogP contribution in [0, 0.1) is 0 Å². The molecule has 7 aromatic carbocycles. The van der Waals surface area contributed by atoms with Crippen LogP contribution in [0.1, 0.15) is 0 Å². The largest absolute Gasteiger partial charge is 0.311 e. The lowest BCUT2D eigenvalue weighted by atomic mass is 10.0. The number of nitrogens with zero attached hydrogens (tertiary/aromatic N) is 2. The molecule has 0 aliphatic heterocycles. The van der Waals surface area contributed by atoms with Crippen molar-refractivity contribution in [2.75, 3.05) is 9.80 Å². The lowest BCUT2D eigenvalue weighted by Crippen LogP contribution is -2.10. The first kappa shape index (κ1) is 25.4. The van der Waals surface area contributed by atoms with Crippen molar-refractivity contribution in [1.29, 1.82) is 0 Å². The second kappa shape index (κ2) is 11.5. The minimum atomic E-state index is 1.12. The maximum absolute atomic E-state index is 2.34. The maximum atomic E-state index is 2.34. The summed E-state index contributed by atoms with van der Waals surface area (Å²) in [6.45, 7) is 0. The highest BCUT2D eigenvalue weighted by Gasteiger charge is 2.16. The van der Waals surface area contributed by atoms with Crippen molar-refractivity contribution in [3.05, 3.63) is 182 Å². The first-order valence-electron chi connectivity index (χ1n) is 14.3. The second-order valence-electron chi connectivity index (χ2n) is 10.3. The number of fused-ring (bicyclic) bond motifs is 1. The van der Waals surface area contributed by atoms with Gasteiger partial charge in [0.1, 0.15) is 0 Å². The van der Waals surface area contributed by atoms with Gasteiger partial charge in [-0.05, 0) is 83.2 Å². The summed E-state index contributed by atoms with van der Waals surface area (Å²) in [4.78, 5) is 4.63. The molecule has 0 atom stereocenters. The first-order chi connectivity index (χ1) is 20.8. The van der Waals surface area contributed by atoms with Gasteiger partial charge in [-0.25, -0.2) is 0 Å². The van der Waals surface area contributed by atoms with Crippen molar-refractivity contribution in [2.24, 2.45) is 0 Å². The van der Waals surface area contributed by atoms with Crippen molar-refractivity contribution in [3.63, 3.8) is 0 Å². The number of rotatable bonds is 7. The van der Waals surface area contributed by atoms with Crippen LogP contribution in [-0.2, 0) is 0 Å². The quantitative estimate of drug-likeness (QED) is 0.199. The average Bonchev–Trinajstić information content (AvgIpc) is 3.07. The molecule has 7 aromatic rings. The molecule has 0 aliphatic carbocycles. The molecule has 0 heterocycles. The second-order valence-corrected chi connectivity index (χ2v) is 10.3. The number of anilines is 6. The number of para-hydroxylation sites is 3. The van der Waals surface area contributed by atoms with Gasteiger partial charge < -0.3 is 9.80 Å². The van der Waals surface area contributed by atoms with Crippen LogP contribution in [0.5, 0.6) is 0 Å². The summed E-state index contributed by atoms with van der Waals surface area (Å²) in [5.74, 6) is 0. The fourth-order valence-corrected chi connectivity index (χ4v) is 5.61. The van der Waals surface area contributed by atoms with Crippen molar-refractivity contribution in [3.8, 4) is 11.1 Å². The third-order valence-corrected chi connectivity index (χ3v) is 7.64. The third-order valence-electron chi connectivity index (χ3n) is 7.64. The van der Waals surface area contributed by atoms with Gasteiger partial charge in [-0.15, -0.1) is 0 Å². The fraction of sp³-hybridized carbons (Fsp3) is 0. The van der Waals surface area contributed by atoms with Crippen LogP contribution in [0.4, 0.5) is 34.1 Å². The van der Waals surface area contributed by atoms with Crippen molar-refractivity contribution in [2.45, 2.75) is 0 Å². The molecule has 0 fully saturated rings. The molecule has 0 spiro atoms. The summed E-state index contributed by atoms with van der Waals surface area (Å²) in [6, 6.07) is 64.4. The van der Waals surface area contributed by atoms with Gasteiger partial charge in [-0.3, -0.25) is 0 Å². The Balaban J connectivity index is 1.23. The molecule has 0 saturated carbocycles. The minimum absolute atomic E-state index is 1.12. The molecule has 0 saturated heterocycles. The maximum Gasteiger partial charge on any atom is 0.0540 e. The molecule has 2 heteroatoms. The Bertz CT molecular complexity index is 1850. The van der Waals surface area contributed by atoms with Crippen LogP contribution in [0.15, 0.2) is 182 Å². The van der Waals surface area contributed by atoms with Gasteiger partial charge in [0.2, 0.25) is 0 Å². The highest BCUT2D eigenvalue weighted by atomic mass is 15.1. The number of hydrogen-bond acceptors (Lipinski definition) is 2. The van der Waals surface area contributed by atoms with Crippen LogP contribution in [-0.4, -0.2) is 0 Å². The lowest BCUT2D eigenvalue weighted by molar-refractivity contribution is 1.28. The molecule has 0 aromatic heterocycles. The monoisotopic (exact) mass is 538 g/mol. The smallest absolute Gasteiger partial charge is 0.0540 e. The van der Waals surface area contributed by atoms with Crippen molar-refractivity contribution < 1.29 is 0 Å². The van der Waals surface area contributed by atoms with E-state index < -0.39 is 0 Å². The zero-order chi connectivity index (χ0) is 28.1. The molecule has 7 rings (SSSR count). The Morgan fingerprint density at radius 3 is 1.17 bits per heavy atom. The zero-order valence-electron chi connectivity index (χ0n) is 23.2. The van der Waals surface area contributed by atoms with E-state index >= 15 is 0 Å². The van der Waals surface area contributed by atoms with Gasteiger partial charge in [0.05, 0.1) is 5.69 Å². The van der Waals surface area contributed by atoms with E-state index in [1.54, 1.807) is 0 Å². The molecule has 0 radical (unpaired) electrons. The van der Waals surface area contributed by atoms with Crippen LogP contribution in [0.2, 0.25) is 0 Å². The van der Waals surface area contributed by atoms with Gasteiger partial charge in [0, 0.05) is 33.8 Å². The van der Waals surface area contributed by atoms with E-state index in [4.69, 9.17) is 0 Å². The Morgan fingerprint density at radius 2 is 0.643 bits per heavy atom. The zero-order valence-corrected chi connectivity index (χ0v) is 23.2. The molecule has 200 valence electrons. The molecular weight excluding hydrogens is 508 g/mol. The highest BCUT2D eigenvalue weighted by molar-refractivity contribution is 5.99. The van der Waals surface area contributed by atoms with E-state index in [1.807, 2.05) is 0 Å². The van der Waals surface area contributed by atoms with E-state index in [1.165, 1.54) is 27.6 Å². The van der Waals surface area contributed by atoms with E-state index in [0.717, 1.165) is 28.4 Å². The van der Waals surface area contributed by atoms with Crippen molar-refractivity contribution in [1.82, 2.24) is 0 Å². The summed E-state index contributed by atoms with van der Waals surface area (Å²) in [7, 11) is 0. The molecule has 0 unspecified atom stereocenters. The number of hydrogen-bond donors (Lipinski definition) is 0. The predicted octanol–water partition coefficient (Wildman–Crippen LogP) is 11.4. The lowest BCUT2D eigenvalue weighted by Gasteiger charge is -2.27.